The number of nitrogens with zero attached hydrogens (tertiary/aromatic N) is 2. The van der Waals surface area contributed by atoms with Crippen LogP contribution >= 0.6 is 12.2 Å². The highest BCUT2D eigenvalue weighted by Gasteiger charge is 2.00. The summed E-state index contributed by atoms with van der Waals surface area (Å²) in [5, 5.41) is 6.35. The van der Waals surface area contributed by atoms with Crippen LogP contribution in [0.3, 0.4) is 0 Å². The lowest BCUT2D eigenvalue weighted by molar-refractivity contribution is 0.793. The van der Waals surface area contributed by atoms with Crippen LogP contribution < -0.4 is 11.4 Å². The number of nitrogens with one attached hydrogen (secondary N) is 1. The molecule has 0 atom stereocenters. The zero-order valence-electron chi connectivity index (χ0n) is 9.75. The minimum absolute atomic E-state index is 0.0903. The minimum Gasteiger partial charge on any atom is -0.334 e. The number of benzene rings is 1. The summed E-state index contributed by atoms with van der Waals surface area (Å²) in [7, 11) is 0. The molecule has 0 aliphatic carbocycles. The Balaban J connectivity index is 2.35. The summed E-state index contributed by atoms with van der Waals surface area (Å²) in [5.74, 6) is 5.47. The Morgan fingerprint density at radius 3 is 2.67 bits per heavy atom. The van der Waals surface area contributed by atoms with Gasteiger partial charge < -0.3 is 5.84 Å². The normalized spacial score (nSPS) is 10.9. The molecule has 0 saturated carbocycles. The van der Waals surface area contributed by atoms with Crippen molar-refractivity contribution in [3.05, 3.63) is 56.2 Å². The Labute approximate surface area is 109 Å². The fraction of sp³-hybridized carbons (Fsp3) is 0.0833. The Kier molecular flexibility index (Phi) is 3.38. The lowest BCUT2D eigenvalue weighted by Crippen LogP contribution is -2.31. The van der Waals surface area contributed by atoms with E-state index in [0.29, 0.717) is 0 Å². The zero-order chi connectivity index (χ0) is 13.1. The standard InChI is InChI=1S/C12H12N4OS/c1-8-2-4-9(5-3-8)6-7-10-11(17)16(13)12(18)15-14-10/h2-7H,13H2,1H3,(H,15,18)/b7-6+. The van der Waals surface area contributed by atoms with E-state index in [1.165, 1.54) is 5.56 Å². The third-order valence-corrected chi connectivity index (χ3v) is 2.73. The summed E-state index contributed by atoms with van der Waals surface area (Å²) in [6.07, 6.45) is 3.39. The number of hydrogen-bond acceptors (Lipinski definition) is 4. The molecule has 92 valence electrons. The quantitative estimate of drug-likeness (QED) is 0.633. The number of aromatic nitrogens is 3. The van der Waals surface area contributed by atoms with Gasteiger partial charge in [-0.05, 0) is 30.8 Å². The largest absolute Gasteiger partial charge is 0.334 e. The zero-order valence-corrected chi connectivity index (χ0v) is 10.6. The van der Waals surface area contributed by atoms with E-state index in [2.05, 4.69) is 10.2 Å². The molecule has 6 heteroatoms. The molecule has 0 saturated heterocycles. The van der Waals surface area contributed by atoms with Crippen molar-refractivity contribution in [2.75, 3.05) is 5.84 Å². The molecular weight excluding hydrogens is 248 g/mol. The maximum atomic E-state index is 11.7. The van der Waals surface area contributed by atoms with Gasteiger partial charge in [0, 0.05) is 0 Å². The van der Waals surface area contributed by atoms with Gasteiger partial charge in [0.15, 0.2) is 5.69 Å². The number of H-pyrrole nitrogens is 1. The number of hydrogen-bond donors (Lipinski definition) is 2. The molecule has 1 aromatic carbocycles. The number of rotatable bonds is 2. The molecule has 18 heavy (non-hydrogen) atoms. The number of aromatic amines is 1. The Morgan fingerprint density at radius 1 is 1.33 bits per heavy atom. The van der Waals surface area contributed by atoms with Crippen molar-refractivity contribution < 1.29 is 0 Å². The molecule has 5 nitrogen and oxygen atoms in total. The maximum Gasteiger partial charge on any atom is 0.298 e. The second-order valence-electron chi connectivity index (χ2n) is 3.83. The molecule has 1 aromatic heterocycles. The van der Waals surface area contributed by atoms with Crippen molar-refractivity contribution in [3.63, 3.8) is 0 Å². The molecule has 0 unspecified atom stereocenters. The van der Waals surface area contributed by atoms with E-state index in [9.17, 15) is 4.79 Å². The monoisotopic (exact) mass is 260 g/mol. The van der Waals surface area contributed by atoms with Crippen molar-refractivity contribution in [2.45, 2.75) is 6.92 Å². The Bertz CT molecular complexity index is 697. The van der Waals surface area contributed by atoms with Gasteiger partial charge in [0.25, 0.3) is 5.56 Å². The molecule has 2 rings (SSSR count). The van der Waals surface area contributed by atoms with Crippen LogP contribution in [0.4, 0.5) is 0 Å². The Morgan fingerprint density at radius 2 is 2.00 bits per heavy atom. The summed E-state index contributed by atoms with van der Waals surface area (Å²) < 4.78 is 0.949. The van der Waals surface area contributed by atoms with E-state index >= 15 is 0 Å². The fourth-order valence-electron chi connectivity index (χ4n) is 1.39. The third kappa shape index (κ3) is 2.54. The summed E-state index contributed by atoms with van der Waals surface area (Å²) in [6, 6.07) is 7.90. The van der Waals surface area contributed by atoms with Gasteiger partial charge in [-0.15, -0.1) is 0 Å². The second-order valence-corrected chi connectivity index (χ2v) is 4.22. The topological polar surface area (TPSA) is 76.7 Å². The van der Waals surface area contributed by atoms with Crippen LogP contribution in [0.2, 0.25) is 0 Å². The molecule has 0 bridgehead atoms. The molecule has 1 heterocycles. The van der Waals surface area contributed by atoms with Gasteiger partial charge >= 0.3 is 0 Å². The van der Waals surface area contributed by atoms with E-state index in [1.807, 2.05) is 31.2 Å². The highest BCUT2D eigenvalue weighted by atomic mass is 32.1. The smallest absolute Gasteiger partial charge is 0.298 e. The molecule has 0 spiro atoms. The van der Waals surface area contributed by atoms with Crippen LogP contribution in [0, 0.1) is 11.7 Å². The molecule has 0 aliphatic rings. The van der Waals surface area contributed by atoms with E-state index < -0.39 is 5.56 Å². The molecule has 3 N–H and O–H groups in total. The summed E-state index contributed by atoms with van der Waals surface area (Å²) in [5.41, 5.74) is 1.94. The highest BCUT2D eigenvalue weighted by Crippen LogP contribution is 2.06. The van der Waals surface area contributed by atoms with Crippen molar-refractivity contribution in [1.29, 1.82) is 0 Å². The molecular formula is C12H12N4OS. The Hall–Kier alpha value is -2.21. The van der Waals surface area contributed by atoms with Crippen LogP contribution in [-0.2, 0) is 0 Å². The van der Waals surface area contributed by atoms with Gasteiger partial charge in [0.05, 0.1) is 0 Å². The van der Waals surface area contributed by atoms with Crippen LogP contribution in [0.5, 0.6) is 0 Å². The van der Waals surface area contributed by atoms with Gasteiger partial charge in [0.1, 0.15) is 0 Å². The maximum absolute atomic E-state index is 11.7. The van der Waals surface area contributed by atoms with E-state index in [0.717, 1.165) is 10.2 Å². The first-order chi connectivity index (χ1) is 8.58. The van der Waals surface area contributed by atoms with Gasteiger partial charge in [-0.25, -0.2) is 0 Å². The van der Waals surface area contributed by atoms with Gasteiger partial charge in [-0.3, -0.25) is 9.89 Å². The number of aryl methyl sites for hydroxylation is 1. The van der Waals surface area contributed by atoms with E-state index in [4.69, 9.17) is 18.1 Å². The predicted octanol–water partition coefficient (Wildman–Crippen LogP) is 1.49. The average molecular weight is 260 g/mol. The summed E-state index contributed by atoms with van der Waals surface area (Å²) in [4.78, 5) is 11.7. The average Bonchev–Trinajstić information content (AvgIpc) is 2.37. The van der Waals surface area contributed by atoms with Crippen LogP contribution in [0.1, 0.15) is 16.8 Å². The third-order valence-electron chi connectivity index (χ3n) is 2.44. The lowest BCUT2D eigenvalue weighted by atomic mass is 10.1. The van der Waals surface area contributed by atoms with E-state index in [1.54, 1.807) is 12.2 Å². The van der Waals surface area contributed by atoms with Crippen LogP contribution in [0.15, 0.2) is 29.1 Å². The van der Waals surface area contributed by atoms with Gasteiger partial charge in [0.2, 0.25) is 4.77 Å². The molecule has 2 aromatic rings. The molecule has 0 amide bonds. The lowest BCUT2D eigenvalue weighted by Gasteiger charge is -1.98. The first kappa shape index (κ1) is 12.3. The highest BCUT2D eigenvalue weighted by molar-refractivity contribution is 7.71. The fourth-order valence-corrected chi connectivity index (χ4v) is 1.52. The minimum atomic E-state index is -0.429. The molecule has 0 aliphatic heterocycles. The number of nitrogen functional groups attached to an aromatic ring is 1. The van der Waals surface area contributed by atoms with Crippen molar-refractivity contribution in [3.8, 4) is 0 Å². The first-order valence-electron chi connectivity index (χ1n) is 5.29. The second kappa shape index (κ2) is 4.97. The molecule has 0 radical (unpaired) electrons. The first-order valence-corrected chi connectivity index (χ1v) is 5.70. The summed E-state index contributed by atoms with van der Waals surface area (Å²) >= 11 is 4.79. The van der Waals surface area contributed by atoms with Crippen LogP contribution in [-0.4, -0.2) is 14.9 Å². The van der Waals surface area contributed by atoms with Crippen molar-refractivity contribution in [2.24, 2.45) is 0 Å². The van der Waals surface area contributed by atoms with Gasteiger partial charge in [-0.2, -0.15) is 9.77 Å². The molecule has 0 fully saturated rings. The van der Waals surface area contributed by atoms with Crippen molar-refractivity contribution >= 4 is 24.4 Å². The van der Waals surface area contributed by atoms with Crippen molar-refractivity contribution in [1.82, 2.24) is 14.9 Å². The SMILES string of the molecule is Cc1ccc(/C=C/c2n[nH]c(=S)n(N)c2=O)cc1. The van der Waals surface area contributed by atoms with E-state index in [-0.39, 0.29) is 10.5 Å². The van der Waals surface area contributed by atoms with Crippen LogP contribution in [0.25, 0.3) is 12.2 Å². The predicted molar refractivity (Wildman–Crippen MR) is 73.9 cm³/mol. The van der Waals surface area contributed by atoms with Gasteiger partial charge in [-0.1, -0.05) is 35.9 Å². The summed E-state index contributed by atoms with van der Waals surface area (Å²) in [6.45, 7) is 2.01. The number of nitrogens with two attached hydrogens (primary N) is 1.